The number of nitrogens with one attached hydrogen (secondary N) is 1. The summed E-state index contributed by atoms with van der Waals surface area (Å²) >= 11 is 0.794. The maximum absolute atomic E-state index is 12.6. The molecule has 30 heavy (non-hydrogen) atoms. The summed E-state index contributed by atoms with van der Waals surface area (Å²) in [7, 11) is -3.55. The molecule has 154 valence electrons. The van der Waals surface area contributed by atoms with E-state index in [1.807, 2.05) is 50.2 Å². The minimum absolute atomic E-state index is 0.0616. The number of carbonyl (C=O) groups is 1. The van der Waals surface area contributed by atoms with Gasteiger partial charge in [-0.3, -0.25) is 10.2 Å². The van der Waals surface area contributed by atoms with Crippen LogP contribution in [0, 0.1) is 19.3 Å². The molecule has 3 heterocycles. The molecule has 0 bridgehead atoms. The Kier molecular flexibility index (Phi) is 4.99. The van der Waals surface area contributed by atoms with Gasteiger partial charge in [-0.2, -0.15) is 10.0 Å². The largest absolute Gasteiger partial charge is 0.318 e. The van der Waals surface area contributed by atoms with Crippen molar-refractivity contribution in [2.45, 2.75) is 20.8 Å². The van der Waals surface area contributed by atoms with Gasteiger partial charge >= 0.3 is 0 Å². The number of carbonyl (C=O) groups excluding carboxylic acids is 1. The molecule has 0 fully saturated rings. The number of aromatic nitrogens is 1. The molecule has 2 aromatic rings. The molecule has 0 saturated heterocycles. The lowest BCUT2D eigenvalue weighted by Gasteiger charge is -2.20. The first-order valence-corrected chi connectivity index (χ1v) is 11.7. The van der Waals surface area contributed by atoms with Crippen molar-refractivity contribution in [3.63, 3.8) is 0 Å². The molecule has 0 unspecified atom stereocenters. The normalized spacial score (nSPS) is 18.0. The summed E-state index contributed by atoms with van der Waals surface area (Å²) in [5, 5.41) is 13.7. The molecule has 10 heteroatoms. The van der Waals surface area contributed by atoms with Gasteiger partial charge in [0, 0.05) is 17.1 Å². The van der Waals surface area contributed by atoms with Gasteiger partial charge in [0.15, 0.2) is 5.84 Å². The second-order valence-electron chi connectivity index (χ2n) is 6.79. The predicted octanol–water partition coefficient (Wildman–Crippen LogP) is 3.11. The van der Waals surface area contributed by atoms with Gasteiger partial charge in [-0.25, -0.2) is 8.42 Å². The Labute approximate surface area is 178 Å². The first kappa shape index (κ1) is 20.3. The molecular weight excluding hydrogens is 422 g/mol. The quantitative estimate of drug-likeness (QED) is 0.737. The fourth-order valence-electron chi connectivity index (χ4n) is 3.29. The lowest BCUT2D eigenvalue weighted by molar-refractivity contribution is -0.114. The van der Waals surface area contributed by atoms with Gasteiger partial charge in [0.1, 0.15) is 0 Å². The van der Waals surface area contributed by atoms with Crippen LogP contribution in [0.3, 0.4) is 0 Å². The number of sulfone groups is 1. The predicted molar refractivity (Wildman–Crippen MR) is 120 cm³/mol. The van der Waals surface area contributed by atoms with E-state index in [1.165, 1.54) is 6.92 Å². The van der Waals surface area contributed by atoms with E-state index in [9.17, 15) is 13.2 Å². The molecule has 1 amide bonds. The fraction of sp³-hybridized carbons (Fsp3) is 0.200. The summed E-state index contributed by atoms with van der Waals surface area (Å²) in [5.74, 6) is -0.896. The number of amidine groups is 2. The van der Waals surface area contributed by atoms with Crippen molar-refractivity contribution in [2.75, 3.05) is 5.75 Å². The molecule has 4 rings (SSSR count). The number of benzene rings is 1. The van der Waals surface area contributed by atoms with Gasteiger partial charge in [0.25, 0.3) is 5.91 Å². The van der Waals surface area contributed by atoms with E-state index in [2.05, 4.69) is 14.7 Å². The van der Waals surface area contributed by atoms with Crippen LogP contribution in [-0.4, -0.2) is 45.0 Å². The van der Waals surface area contributed by atoms with E-state index in [4.69, 9.17) is 5.41 Å². The van der Waals surface area contributed by atoms with Gasteiger partial charge in [0.2, 0.25) is 19.4 Å². The van der Waals surface area contributed by atoms with Crippen molar-refractivity contribution < 1.29 is 13.2 Å². The van der Waals surface area contributed by atoms with E-state index >= 15 is 0 Å². The Morgan fingerprint density at radius 3 is 2.57 bits per heavy atom. The van der Waals surface area contributed by atoms with Gasteiger partial charge in [-0.15, -0.1) is 5.10 Å². The Balaban J connectivity index is 1.75. The number of rotatable bonds is 3. The highest BCUT2D eigenvalue weighted by atomic mass is 32.3. The van der Waals surface area contributed by atoms with E-state index in [0.717, 1.165) is 39.4 Å². The van der Waals surface area contributed by atoms with Crippen molar-refractivity contribution in [3.8, 4) is 5.69 Å². The number of hydrazone groups is 1. The van der Waals surface area contributed by atoms with Gasteiger partial charge in [-0.1, -0.05) is 25.1 Å². The van der Waals surface area contributed by atoms with Crippen LogP contribution in [0.4, 0.5) is 0 Å². The zero-order chi connectivity index (χ0) is 21.6. The molecule has 0 aliphatic carbocycles. The molecule has 0 atom stereocenters. The molecule has 2 aliphatic rings. The van der Waals surface area contributed by atoms with Crippen LogP contribution in [-0.2, 0) is 14.6 Å². The molecule has 2 aliphatic heterocycles. The van der Waals surface area contributed by atoms with Crippen molar-refractivity contribution in [1.82, 2.24) is 9.58 Å². The van der Waals surface area contributed by atoms with E-state index in [-0.39, 0.29) is 26.7 Å². The lowest BCUT2D eigenvalue weighted by atomic mass is 10.1. The SMILES string of the molecule is CCS(=O)(=O)C1=NN2C(=N)/C(=C\c3cc(C)n(-c4ccccc4)c3C)C(=O)N=C2S1. The van der Waals surface area contributed by atoms with Gasteiger partial charge in [-0.05, 0) is 55.4 Å². The van der Waals surface area contributed by atoms with E-state index in [1.54, 1.807) is 6.08 Å². The molecule has 8 nitrogen and oxygen atoms in total. The number of hydrogen-bond acceptors (Lipinski definition) is 6. The van der Waals surface area contributed by atoms with Gasteiger partial charge in [0.05, 0.1) is 11.3 Å². The third-order valence-electron chi connectivity index (χ3n) is 4.87. The molecule has 0 saturated carbocycles. The zero-order valence-corrected chi connectivity index (χ0v) is 18.2. The zero-order valence-electron chi connectivity index (χ0n) is 16.6. The monoisotopic (exact) mass is 441 g/mol. The number of para-hydroxylation sites is 1. The summed E-state index contributed by atoms with van der Waals surface area (Å²) in [6.45, 7) is 5.42. The van der Waals surface area contributed by atoms with Crippen LogP contribution in [0.1, 0.15) is 23.9 Å². The Morgan fingerprint density at radius 2 is 1.90 bits per heavy atom. The molecule has 0 radical (unpaired) electrons. The number of aryl methyl sites for hydroxylation is 1. The van der Waals surface area contributed by atoms with Crippen LogP contribution in [0.2, 0.25) is 0 Å². The number of amides is 1. The number of hydrogen-bond donors (Lipinski definition) is 1. The lowest BCUT2D eigenvalue weighted by Crippen LogP contribution is -2.35. The highest BCUT2D eigenvalue weighted by Gasteiger charge is 2.39. The summed E-state index contributed by atoms with van der Waals surface area (Å²) in [4.78, 5) is 16.6. The van der Waals surface area contributed by atoms with E-state index < -0.39 is 15.7 Å². The topological polar surface area (TPSA) is 108 Å². The molecule has 1 N–H and O–H groups in total. The number of nitrogens with zero attached hydrogens (tertiary/aromatic N) is 4. The second kappa shape index (κ2) is 7.37. The van der Waals surface area contributed by atoms with Crippen molar-refractivity contribution in [1.29, 1.82) is 5.41 Å². The first-order chi connectivity index (χ1) is 14.2. The average Bonchev–Trinajstić information content (AvgIpc) is 3.27. The number of aliphatic imine (C=N–C) groups is 1. The number of thioether (sulfide) groups is 1. The van der Waals surface area contributed by atoms with Crippen LogP contribution in [0.5, 0.6) is 0 Å². The summed E-state index contributed by atoms with van der Waals surface area (Å²) in [5.41, 5.74) is 3.73. The third-order valence-corrected chi connectivity index (χ3v) is 7.96. The molecule has 0 spiro atoms. The second-order valence-corrected chi connectivity index (χ2v) is 10.2. The standard InChI is InChI=1S/C20H19N5O3S2/c1-4-30(27,28)20-23-25-17(21)16(18(26)22-19(25)29-20)11-14-10-12(2)24(13(14)3)15-8-6-5-7-9-15/h5-11,21H,4H2,1-3H3/b16-11+,21-17?. The van der Waals surface area contributed by atoms with Crippen molar-refractivity contribution in [2.24, 2.45) is 10.1 Å². The summed E-state index contributed by atoms with van der Waals surface area (Å²) in [6.07, 6.45) is 1.61. The maximum atomic E-state index is 12.6. The van der Waals surface area contributed by atoms with Crippen molar-refractivity contribution in [3.05, 3.63) is 58.9 Å². The van der Waals surface area contributed by atoms with Crippen molar-refractivity contribution >= 4 is 49.0 Å². The molecular formula is C20H19N5O3S2. The first-order valence-electron chi connectivity index (χ1n) is 9.20. The van der Waals surface area contributed by atoms with Crippen LogP contribution in [0.15, 0.2) is 52.1 Å². The van der Waals surface area contributed by atoms with Crippen LogP contribution >= 0.6 is 11.8 Å². The Bertz CT molecular complexity index is 1270. The summed E-state index contributed by atoms with van der Waals surface area (Å²) in [6, 6.07) is 11.8. The van der Waals surface area contributed by atoms with E-state index in [0.29, 0.717) is 0 Å². The highest BCUT2D eigenvalue weighted by Crippen LogP contribution is 2.31. The minimum atomic E-state index is -3.55. The summed E-state index contributed by atoms with van der Waals surface area (Å²) < 4.78 is 26.2. The molecule has 1 aromatic heterocycles. The molecule has 1 aromatic carbocycles. The highest BCUT2D eigenvalue weighted by molar-refractivity contribution is 8.42. The minimum Gasteiger partial charge on any atom is -0.318 e. The third kappa shape index (κ3) is 3.31. The Morgan fingerprint density at radius 1 is 1.20 bits per heavy atom. The number of fused-ring (bicyclic) bond motifs is 1. The maximum Gasteiger partial charge on any atom is 0.283 e. The van der Waals surface area contributed by atoms with Gasteiger partial charge < -0.3 is 4.57 Å². The Hall–Kier alpha value is -2.98. The fourth-order valence-corrected chi connectivity index (χ4v) is 5.45. The van der Waals surface area contributed by atoms with Crippen LogP contribution in [0.25, 0.3) is 11.8 Å². The smallest absolute Gasteiger partial charge is 0.283 e. The average molecular weight is 442 g/mol. The van der Waals surface area contributed by atoms with Crippen LogP contribution < -0.4 is 0 Å².